The molecule has 0 aromatic carbocycles. The van der Waals surface area contributed by atoms with Crippen molar-refractivity contribution in [1.29, 1.82) is 0 Å². The fourth-order valence-electron chi connectivity index (χ4n) is 1.55. The van der Waals surface area contributed by atoms with Crippen LogP contribution in [0.25, 0.3) is 0 Å². The van der Waals surface area contributed by atoms with Crippen LogP contribution in [-0.2, 0) is 6.54 Å². The summed E-state index contributed by atoms with van der Waals surface area (Å²) < 4.78 is 6.99. The molecule has 17 heavy (non-hydrogen) atoms. The highest BCUT2D eigenvalue weighted by molar-refractivity contribution is 5.88. The summed E-state index contributed by atoms with van der Waals surface area (Å²) in [5.41, 5.74) is 1.62. The largest absolute Gasteiger partial charge is 0.478 e. The maximum atomic E-state index is 10.9. The molecule has 90 valence electrons. The summed E-state index contributed by atoms with van der Waals surface area (Å²) >= 11 is 0. The molecule has 6 nitrogen and oxygen atoms in total. The molecule has 0 aliphatic heterocycles. The number of aromatic nitrogens is 3. The molecule has 0 bridgehead atoms. The number of carbonyl (C=O) groups is 1. The van der Waals surface area contributed by atoms with Crippen molar-refractivity contribution in [2.75, 3.05) is 0 Å². The van der Waals surface area contributed by atoms with Crippen LogP contribution in [0.3, 0.4) is 0 Å². The van der Waals surface area contributed by atoms with Crippen molar-refractivity contribution in [3.63, 3.8) is 0 Å². The molecule has 6 heteroatoms. The van der Waals surface area contributed by atoms with Gasteiger partial charge in [-0.2, -0.15) is 5.10 Å². The van der Waals surface area contributed by atoms with Crippen LogP contribution in [0, 0.1) is 20.8 Å². The monoisotopic (exact) mass is 235 g/mol. The highest BCUT2D eigenvalue weighted by atomic mass is 16.4. The molecule has 1 N–H and O–H groups in total. The minimum atomic E-state index is -0.978. The average molecular weight is 235 g/mol. The first-order chi connectivity index (χ1) is 7.99. The predicted molar refractivity (Wildman–Crippen MR) is 59.0 cm³/mol. The van der Waals surface area contributed by atoms with E-state index in [4.69, 9.17) is 9.52 Å². The topological polar surface area (TPSA) is 81.2 Å². The highest BCUT2D eigenvalue weighted by Crippen LogP contribution is 2.12. The van der Waals surface area contributed by atoms with Crippen molar-refractivity contribution >= 4 is 5.97 Å². The Balaban J connectivity index is 2.27. The van der Waals surface area contributed by atoms with Crippen molar-refractivity contribution < 1.29 is 14.3 Å². The standard InChI is InChI=1S/C11H13N3O3/c1-6-8(3)17-10(13-6)5-14-7(2)9(4-12-14)11(15)16/h4H,5H2,1-3H3,(H,15,16). The van der Waals surface area contributed by atoms with Crippen LogP contribution in [-0.4, -0.2) is 25.8 Å². The lowest BCUT2D eigenvalue weighted by Crippen LogP contribution is -2.06. The minimum Gasteiger partial charge on any atom is -0.478 e. The molecule has 0 unspecified atom stereocenters. The van der Waals surface area contributed by atoms with Gasteiger partial charge in [-0.3, -0.25) is 4.68 Å². The summed E-state index contributed by atoms with van der Waals surface area (Å²) in [6, 6.07) is 0. The maximum absolute atomic E-state index is 10.9. The molecular weight excluding hydrogens is 222 g/mol. The number of carboxylic acid groups (broad SMARTS) is 1. The van der Waals surface area contributed by atoms with Crippen LogP contribution >= 0.6 is 0 Å². The first kappa shape index (κ1) is 11.4. The van der Waals surface area contributed by atoms with Gasteiger partial charge in [0.2, 0.25) is 5.89 Å². The van der Waals surface area contributed by atoms with E-state index in [1.54, 1.807) is 11.6 Å². The molecule has 0 aliphatic rings. The molecule has 2 aromatic heterocycles. The van der Waals surface area contributed by atoms with Gasteiger partial charge in [-0.25, -0.2) is 9.78 Å². The number of hydrogen-bond acceptors (Lipinski definition) is 4. The lowest BCUT2D eigenvalue weighted by Gasteiger charge is -2.00. The second-order valence-corrected chi connectivity index (χ2v) is 3.86. The zero-order valence-corrected chi connectivity index (χ0v) is 9.89. The second-order valence-electron chi connectivity index (χ2n) is 3.86. The quantitative estimate of drug-likeness (QED) is 0.872. The molecule has 0 aliphatic carbocycles. The number of hydrogen-bond donors (Lipinski definition) is 1. The van der Waals surface area contributed by atoms with Gasteiger partial charge in [-0.1, -0.05) is 0 Å². The molecule has 0 spiro atoms. The Labute approximate surface area is 97.9 Å². The van der Waals surface area contributed by atoms with Crippen LogP contribution in [0.15, 0.2) is 10.6 Å². The lowest BCUT2D eigenvalue weighted by atomic mass is 10.3. The van der Waals surface area contributed by atoms with Gasteiger partial charge in [0.25, 0.3) is 0 Å². The van der Waals surface area contributed by atoms with Crippen molar-refractivity contribution in [2.24, 2.45) is 0 Å². The van der Waals surface area contributed by atoms with E-state index in [-0.39, 0.29) is 5.56 Å². The van der Waals surface area contributed by atoms with E-state index < -0.39 is 5.97 Å². The molecule has 0 saturated carbocycles. The molecule has 2 rings (SSSR count). The number of carboxylic acids is 1. The third-order valence-electron chi connectivity index (χ3n) is 2.69. The molecular formula is C11H13N3O3. The molecule has 0 amide bonds. The van der Waals surface area contributed by atoms with E-state index in [1.165, 1.54) is 6.20 Å². The Hall–Kier alpha value is -2.11. The molecule has 0 atom stereocenters. The van der Waals surface area contributed by atoms with Crippen molar-refractivity contribution in [3.05, 3.63) is 34.8 Å². The average Bonchev–Trinajstić information content (AvgIpc) is 2.74. The van der Waals surface area contributed by atoms with Crippen LogP contribution in [0.2, 0.25) is 0 Å². The zero-order chi connectivity index (χ0) is 12.6. The maximum Gasteiger partial charge on any atom is 0.339 e. The summed E-state index contributed by atoms with van der Waals surface area (Å²) in [7, 11) is 0. The number of aromatic carboxylic acids is 1. The second kappa shape index (κ2) is 4.04. The highest BCUT2D eigenvalue weighted by Gasteiger charge is 2.14. The minimum absolute atomic E-state index is 0.199. The van der Waals surface area contributed by atoms with E-state index in [0.29, 0.717) is 18.1 Å². The van der Waals surface area contributed by atoms with Crippen LogP contribution in [0.4, 0.5) is 0 Å². The first-order valence-corrected chi connectivity index (χ1v) is 5.17. The van der Waals surface area contributed by atoms with Gasteiger partial charge in [0, 0.05) is 0 Å². The normalized spacial score (nSPS) is 10.8. The van der Waals surface area contributed by atoms with Crippen LogP contribution in [0.5, 0.6) is 0 Å². The van der Waals surface area contributed by atoms with Crippen molar-refractivity contribution in [3.8, 4) is 0 Å². The first-order valence-electron chi connectivity index (χ1n) is 5.17. The third kappa shape index (κ3) is 2.06. The van der Waals surface area contributed by atoms with Gasteiger partial charge >= 0.3 is 5.97 Å². The number of oxazole rings is 1. The Morgan fingerprint density at radius 3 is 2.65 bits per heavy atom. The van der Waals surface area contributed by atoms with E-state index in [9.17, 15) is 4.79 Å². The smallest absolute Gasteiger partial charge is 0.339 e. The molecule has 0 radical (unpaired) electrons. The Morgan fingerprint density at radius 2 is 2.18 bits per heavy atom. The van der Waals surface area contributed by atoms with Gasteiger partial charge in [0.05, 0.1) is 17.6 Å². The Kier molecular flexibility index (Phi) is 2.71. The predicted octanol–water partition coefficient (Wildman–Crippen LogP) is 1.54. The molecule has 2 aromatic rings. The summed E-state index contributed by atoms with van der Waals surface area (Å²) in [6.07, 6.45) is 1.33. The Morgan fingerprint density at radius 1 is 1.47 bits per heavy atom. The summed E-state index contributed by atoms with van der Waals surface area (Å²) in [6.45, 7) is 5.75. The number of nitrogens with zero attached hydrogens (tertiary/aromatic N) is 3. The summed E-state index contributed by atoms with van der Waals surface area (Å²) in [5.74, 6) is 0.319. The Bertz CT molecular complexity index is 549. The number of aryl methyl sites for hydroxylation is 2. The van der Waals surface area contributed by atoms with Gasteiger partial charge in [0.15, 0.2) is 0 Å². The van der Waals surface area contributed by atoms with Crippen molar-refractivity contribution in [1.82, 2.24) is 14.8 Å². The van der Waals surface area contributed by atoms with E-state index >= 15 is 0 Å². The molecule has 0 fully saturated rings. The SMILES string of the molecule is Cc1nc(Cn2ncc(C(=O)O)c2C)oc1C. The van der Waals surface area contributed by atoms with Gasteiger partial charge in [-0.05, 0) is 20.8 Å². The summed E-state index contributed by atoms with van der Waals surface area (Å²) in [4.78, 5) is 15.1. The van der Waals surface area contributed by atoms with Gasteiger partial charge < -0.3 is 9.52 Å². The van der Waals surface area contributed by atoms with E-state index in [0.717, 1.165) is 11.5 Å². The fraction of sp³-hybridized carbons (Fsp3) is 0.364. The van der Waals surface area contributed by atoms with E-state index in [2.05, 4.69) is 10.1 Å². The van der Waals surface area contributed by atoms with Gasteiger partial charge in [-0.15, -0.1) is 0 Å². The zero-order valence-electron chi connectivity index (χ0n) is 9.89. The van der Waals surface area contributed by atoms with Crippen LogP contribution in [0.1, 0.15) is 33.4 Å². The number of rotatable bonds is 3. The van der Waals surface area contributed by atoms with Crippen LogP contribution < -0.4 is 0 Å². The fourth-order valence-corrected chi connectivity index (χ4v) is 1.55. The summed E-state index contributed by atoms with van der Waals surface area (Å²) in [5, 5.41) is 12.9. The molecule has 0 saturated heterocycles. The lowest BCUT2D eigenvalue weighted by molar-refractivity contribution is 0.0696. The van der Waals surface area contributed by atoms with Crippen molar-refractivity contribution in [2.45, 2.75) is 27.3 Å². The molecule has 2 heterocycles. The third-order valence-corrected chi connectivity index (χ3v) is 2.69. The van der Waals surface area contributed by atoms with Gasteiger partial charge in [0.1, 0.15) is 17.9 Å². The van der Waals surface area contributed by atoms with E-state index in [1.807, 2.05) is 13.8 Å².